The molecule has 6 nitrogen and oxygen atoms in total. The van der Waals surface area contributed by atoms with Crippen LogP contribution in [0.5, 0.6) is 5.75 Å². The zero-order valence-electron chi connectivity index (χ0n) is 16.6. The maximum Gasteiger partial charge on any atom is 0.408 e. The minimum absolute atomic E-state index is 0.172. The molecule has 1 atom stereocenters. The lowest BCUT2D eigenvalue weighted by molar-refractivity contribution is -0.146. The lowest BCUT2D eigenvalue weighted by atomic mass is 9.96. The number of esters is 1. The van der Waals surface area contributed by atoms with E-state index in [4.69, 9.17) is 9.47 Å². The number of benzene rings is 1. The molecular formula is C20H31NO5. The van der Waals surface area contributed by atoms with Gasteiger partial charge >= 0.3 is 12.1 Å². The molecule has 1 rings (SSSR count). The molecule has 0 fully saturated rings. The van der Waals surface area contributed by atoms with Crippen LogP contribution >= 0.6 is 0 Å². The number of hydrogen-bond donors (Lipinski definition) is 2. The second-order valence-electron chi connectivity index (χ2n) is 7.48. The van der Waals surface area contributed by atoms with Crippen LogP contribution in [0.4, 0.5) is 4.79 Å². The molecule has 0 aliphatic heterocycles. The molecule has 146 valence electrons. The Morgan fingerprint density at radius 1 is 1.19 bits per heavy atom. The molecule has 1 aromatic carbocycles. The molecule has 0 aliphatic carbocycles. The van der Waals surface area contributed by atoms with Crippen molar-refractivity contribution in [2.24, 2.45) is 0 Å². The first kappa shape index (κ1) is 21.8. The molecule has 0 aliphatic rings. The number of alkyl carbamates (subject to hydrolysis) is 1. The van der Waals surface area contributed by atoms with Crippen LogP contribution in [-0.2, 0) is 20.7 Å². The molecule has 0 bridgehead atoms. The first-order valence-corrected chi connectivity index (χ1v) is 8.98. The zero-order chi connectivity index (χ0) is 19.9. The molecule has 6 heteroatoms. The van der Waals surface area contributed by atoms with Gasteiger partial charge in [0.1, 0.15) is 17.4 Å². The van der Waals surface area contributed by atoms with Crippen LogP contribution in [0.25, 0.3) is 0 Å². The minimum atomic E-state index is -0.858. The molecule has 26 heavy (non-hydrogen) atoms. The summed E-state index contributed by atoms with van der Waals surface area (Å²) < 4.78 is 10.6. The predicted molar refractivity (Wildman–Crippen MR) is 100 cm³/mol. The fraction of sp³-hybridized carbons (Fsp3) is 0.600. The molecule has 0 heterocycles. The van der Waals surface area contributed by atoms with E-state index >= 15 is 0 Å². The van der Waals surface area contributed by atoms with Crippen molar-refractivity contribution in [1.29, 1.82) is 0 Å². The molecule has 0 aromatic heterocycles. The number of ether oxygens (including phenoxy) is 2. The van der Waals surface area contributed by atoms with Crippen LogP contribution in [0.3, 0.4) is 0 Å². The molecule has 1 aromatic rings. The van der Waals surface area contributed by atoms with Crippen molar-refractivity contribution < 1.29 is 24.2 Å². The third-order valence-electron chi connectivity index (χ3n) is 3.81. The Labute approximate surface area is 155 Å². The average Bonchev–Trinajstić information content (AvgIpc) is 2.47. The van der Waals surface area contributed by atoms with E-state index in [1.54, 1.807) is 32.9 Å². The highest BCUT2D eigenvalue weighted by atomic mass is 16.6. The quantitative estimate of drug-likeness (QED) is 0.567. The largest absolute Gasteiger partial charge is 0.508 e. The van der Waals surface area contributed by atoms with E-state index in [-0.39, 0.29) is 12.2 Å². The van der Waals surface area contributed by atoms with Crippen molar-refractivity contribution in [3.63, 3.8) is 0 Å². The van der Waals surface area contributed by atoms with Gasteiger partial charge in [-0.2, -0.15) is 0 Å². The number of phenols is 1. The normalized spacial score (nSPS) is 12.4. The fourth-order valence-electron chi connectivity index (χ4n) is 2.56. The van der Waals surface area contributed by atoms with Gasteiger partial charge in [-0.05, 0) is 69.9 Å². The number of phenolic OH excluding ortho intramolecular Hbond substituents is 1. The summed E-state index contributed by atoms with van der Waals surface area (Å²) in [6.45, 7) is 11.3. The Hall–Kier alpha value is -2.24. The Balaban J connectivity index is 2.97. The van der Waals surface area contributed by atoms with Gasteiger partial charge < -0.3 is 19.9 Å². The number of carbonyl (C=O) groups is 2. The second kappa shape index (κ2) is 9.46. The number of carbonyl (C=O) groups excluding carboxylic acids is 2. The van der Waals surface area contributed by atoms with Crippen LogP contribution in [0.1, 0.15) is 57.2 Å². The van der Waals surface area contributed by atoms with Gasteiger partial charge in [-0.3, -0.25) is 0 Å². The van der Waals surface area contributed by atoms with Gasteiger partial charge in [0.15, 0.2) is 0 Å². The maximum absolute atomic E-state index is 12.5. The van der Waals surface area contributed by atoms with Gasteiger partial charge in [-0.15, -0.1) is 0 Å². The summed E-state index contributed by atoms with van der Waals surface area (Å²) in [6, 6.07) is 2.41. The van der Waals surface area contributed by atoms with Gasteiger partial charge in [0.2, 0.25) is 0 Å². The summed E-state index contributed by atoms with van der Waals surface area (Å²) >= 11 is 0. The molecule has 0 saturated carbocycles. The number of aromatic hydroxyl groups is 1. The summed E-state index contributed by atoms with van der Waals surface area (Å²) in [6.07, 6.45) is 1.28. The molecule has 0 radical (unpaired) electrons. The number of nitrogens with one attached hydrogen (secondary N) is 1. The van der Waals surface area contributed by atoms with Crippen molar-refractivity contribution in [2.75, 3.05) is 6.61 Å². The topological polar surface area (TPSA) is 84.9 Å². The molecule has 0 unspecified atom stereocenters. The van der Waals surface area contributed by atoms with Crippen LogP contribution in [0, 0.1) is 13.8 Å². The average molecular weight is 365 g/mol. The van der Waals surface area contributed by atoms with Crippen LogP contribution in [-0.4, -0.2) is 35.4 Å². The number of hydrogen-bond acceptors (Lipinski definition) is 5. The third-order valence-corrected chi connectivity index (χ3v) is 3.81. The lowest BCUT2D eigenvalue weighted by Crippen LogP contribution is -2.45. The SMILES string of the molecule is CCCCOC(=O)[C@H](Cc1c(C)cc(O)cc1C)NC(=O)OC(C)(C)C. The van der Waals surface area contributed by atoms with Crippen LogP contribution < -0.4 is 5.32 Å². The van der Waals surface area contributed by atoms with Crippen molar-refractivity contribution >= 4 is 12.1 Å². The van der Waals surface area contributed by atoms with E-state index in [1.165, 1.54) is 0 Å². The summed E-state index contributed by atoms with van der Waals surface area (Å²) in [7, 11) is 0. The van der Waals surface area contributed by atoms with Gasteiger partial charge in [-0.1, -0.05) is 13.3 Å². The van der Waals surface area contributed by atoms with Gasteiger partial charge in [-0.25, -0.2) is 9.59 Å². The van der Waals surface area contributed by atoms with Crippen molar-refractivity contribution in [3.8, 4) is 5.75 Å². The highest BCUT2D eigenvalue weighted by Crippen LogP contribution is 2.22. The number of aryl methyl sites for hydroxylation is 2. The third kappa shape index (κ3) is 7.33. The Morgan fingerprint density at radius 3 is 2.27 bits per heavy atom. The fourth-order valence-corrected chi connectivity index (χ4v) is 2.56. The number of amides is 1. The minimum Gasteiger partial charge on any atom is -0.508 e. The summed E-state index contributed by atoms with van der Waals surface area (Å²) in [5.74, 6) is -0.317. The van der Waals surface area contributed by atoms with E-state index in [1.807, 2.05) is 20.8 Å². The van der Waals surface area contributed by atoms with Gasteiger partial charge in [0.25, 0.3) is 0 Å². The smallest absolute Gasteiger partial charge is 0.408 e. The standard InChI is InChI=1S/C20H31NO5/c1-7-8-9-25-18(23)17(21-19(24)26-20(4,5)6)12-16-13(2)10-15(22)11-14(16)3/h10-11,17,22H,7-9,12H2,1-6H3,(H,21,24)/t17-/m0/s1. The molecule has 1 amide bonds. The second-order valence-corrected chi connectivity index (χ2v) is 7.48. The lowest BCUT2D eigenvalue weighted by Gasteiger charge is -2.24. The Bertz CT molecular complexity index is 611. The Kier molecular flexibility index (Phi) is 7.93. The molecule has 0 saturated heterocycles. The van der Waals surface area contributed by atoms with E-state index in [0.29, 0.717) is 6.61 Å². The predicted octanol–water partition coefficient (Wildman–Crippen LogP) is 3.79. The summed E-state index contributed by atoms with van der Waals surface area (Å²) in [5.41, 5.74) is 1.92. The van der Waals surface area contributed by atoms with E-state index in [0.717, 1.165) is 29.5 Å². The molecule has 2 N–H and O–H groups in total. The van der Waals surface area contributed by atoms with Crippen molar-refractivity contribution in [3.05, 3.63) is 28.8 Å². The van der Waals surface area contributed by atoms with Gasteiger partial charge in [0, 0.05) is 6.42 Å². The van der Waals surface area contributed by atoms with Crippen LogP contribution in [0.2, 0.25) is 0 Å². The highest BCUT2D eigenvalue weighted by molar-refractivity contribution is 5.82. The van der Waals surface area contributed by atoms with Crippen LogP contribution in [0.15, 0.2) is 12.1 Å². The number of unbranched alkanes of at least 4 members (excludes halogenated alkanes) is 1. The first-order chi connectivity index (χ1) is 12.0. The van der Waals surface area contributed by atoms with E-state index in [2.05, 4.69) is 5.32 Å². The summed E-state index contributed by atoms with van der Waals surface area (Å²) in [4.78, 5) is 24.6. The van der Waals surface area contributed by atoms with Crippen molar-refractivity contribution in [2.45, 2.75) is 72.4 Å². The van der Waals surface area contributed by atoms with Crippen molar-refractivity contribution in [1.82, 2.24) is 5.32 Å². The highest BCUT2D eigenvalue weighted by Gasteiger charge is 2.27. The van der Waals surface area contributed by atoms with Gasteiger partial charge in [0.05, 0.1) is 6.61 Å². The van der Waals surface area contributed by atoms with E-state index < -0.39 is 23.7 Å². The maximum atomic E-state index is 12.5. The zero-order valence-corrected chi connectivity index (χ0v) is 16.6. The number of rotatable bonds is 7. The molecular weight excluding hydrogens is 334 g/mol. The first-order valence-electron chi connectivity index (χ1n) is 8.98. The Morgan fingerprint density at radius 2 is 1.77 bits per heavy atom. The monoisotopic (exact) mass is 365 g/mol. The van der Waals surface area contributed by atoms with E-state index in [9.17, 15) is 14.7 Å². The summed E-state index contributed by atoms with van der Waals surface area (Å²) in [5, 5.41) is 12.3. The molecule has 0 spiro atoms.